The Bertz CT molecular complexity index is 1120. The number of phenolic OH excluding ortho intramolecular Hbond substituents is 1. The molecule has 0 radical (unpaired) electrons. The van der Waals surface area contributed by atoms with E-state index in [4.69, 9.17) is 0 Å². The minimum absolute atomic E-state index is 0.0227. The molecule has 2 unspecified atom stereocenters. The molecule has 1 aliphatic rings. The number of tetrazole rings is 1. The van der Waals surface area contributed by atoms with Crippen molar-refractivity contribution >= 4 is 5.97 Å². The Hall–Kier alpha value is -3.56. The predicted molar refractivity (Wildman–Crippen MR) is 128 cm³/mol. The molecule has 2 aromatic carbocycles. The smallest absolute Gasteiger partial charge is 0.328 e. The van der Waals surface area contributed by atoms with Gasteiger partial charge in [0.2, 0.25) is 0 Å². The molecule has 34 heavy (non-hydrogen) atoms. The number of carboxylic acids is 1. The van der Waals surface area contributed by atoms with E-state index in [1.165, 1.54) is 4.68 Å². The molecule has 1 saturated heterocycles. The fourth-order valence-electron chi connectivity index (χ4n) is 4.56. The van der Waals surface area contributed by atoms with Crippen molar-refractivity contribution in [3.8, 4) is 17.1 Å². The van der Waals surface area contributed by atoms with Gasteiger partial charge in [0, 0.05) is 38.3 Å². The van der Waals surface area contributed by atoms with Gasteiger partial charge in [0.1, 0.15) is 5.75 Å². The van der Waals surface area contributed by atoms with Crippen LogP contribution in [0.1, 0.15) is 36.6 Å². The normalized spacial score (nSPS) is 16.7. The molecule has 4 rings (SSSR count). The molecule has 0 saturated carbocycles. The van der Waals surface area contributed by atoms with E-state index in [-0.39, 0.29) is 11.8 Å². The number of aliphatic carboxylic acids is 1. The van der Waals surface area contributed by atoms with Crippen LogP contribution in [0.4, 0.5) is 0 Å². The molecule has 9 heteroatoms. The first-order valence-corrected chi connectivity index (χ1v) is 11.5. The summed E-state index contributed by atoms with van der Waals surface area (Å²) < 4.78 is 1.36. The maximum Gasteiger partial charge on any atom is 0.328 e. The van der Waals surface area contributed by atoms with Crippen LogP contribution in [0.15, 0.2) is 61.2 Å². The van der Waals surface area contributed by atoms with Crippen LogP contribution in [0.3, 0.4) is 0 Å². The Kier molecular flexibility index (Phi) is 7.34. The average Bonchev–Trinajstić information content (AvgIpc) is 3.31. The topological polar surface area (TPSA) is 108 Å². The molecular formula is C25H30N6O3. The Morgan fingerprint density at radius 1 is 1.12 bits per heavy atom. The van der Waals surface area contributed by atoms with Crippen molar-refractivity contribution in [2.24, 2.45) is 0 Å². The van der Waals surface area contributed by atoms with Gasteiger partial charge < -0.3 is 10.2 Å². The van der Waals surface area contributed by atoms with Crippen molar-refractivity contribution in [1.29, 1.82) is 0 Å². The molecule has 178 valence electrons. The molecular weight excluding hydrogens is 432 g/mol. The number of carbonyl (C=O) groups is 1. The van der Waals surface area contributed by atoms with Gasteiger partial charge in [-0.15, -0.1) is 11.7 Å². The molecule has 0 bridgehead atoms. The van der Waals surface area contributed by atoms with E-state index in [9.17, 15) is 15.0 Å². The number of aromatic nitrogens is 4. The van der Waals surface area contributed by atoms with Crippen molar-refractivity contribution in [3.63, 3.8) is 0 Å². The second-order valence-corrected chi connectivity index (χ2v) is 8.45. The summed E-state index contributed by atoms with van der Waals surface area (Å²) in [7, 11) is 0. The van der Waals surface area contributed by atoms with Crippen molar-refractivity contribution in [1.82, 2.24) is 30.0 Å². The number of nitrogens with zero attached hydrogens (tertiary/aromatic N) is 6. The third kappa shape index (κ3) is 5.00. The zero-order valence-corrected chi connectivity index (χ0v) is 19.3. The Balaban J connectivity index is 1.64. The summed E-state index contributed by atoms with van der Waals surface area (Å²) in [5, 5.41) is 31.4. The number of piperazine rings is 1. The van der Waals surface area contributed by atoms with Crippen molar-refractivity contribution in [2.75, 3.05) is 32.7 Å². The van der Waals surface area contributed by atoms with Crippen LogP contribution in [-0.4, -0.2) is 78.9 Å². The van der Waals surface area contributed by atoms with E-state index in [0.29, 0.717) is 12.2 Å². The van der Waals surface area contributed by atoms with Crippen molar-refractivity contribution in [2.45, 2.75) is 25.4 Å². The van der Waals surface area contributed by atoms with Crippen LogP contribution < -0.4 is 0 Å². The third-order valence-corrected chi connectivity index (χ3v) is 6.29. The van der Waals surface area contributed by atoms with Gasteiger partial charge in [-0.25, -0.2) is 9.48 Å². The van der Waals surface area contributed by atoms with Gasteiger partial charge in [-0.3, -0.25) is 9.80 Å². The molecule has 2 atom stereocenters. The maximum absolute atomic E-state index is 11.6. The minimum atomic E-state index is -0.966. The average molecular weight is 463 g/mol. The molecule has 1 aliphatic heterocycles. The van der Waals surface area contributed by atoms with Crippen LogP contribution in [0.25, 0.3) is 11.4 Å². The Morgan fingerprint density at radius 3 is 2.47 bits per heavy atom. The largest absolute Gasteiger partial charge is 0.508 e. The van der Waals surface area contributed by atoms with Gasteiger partial charge in [0.05, 0.1) is 6.04 Å². The minimum Gasteiger partial charge on any atom is -0.508 e. The van der Waals surface area contributed by atoms with Gasteiger partial charge in [-0.1, -0.05) is 49.4 Å². The van der Waals surface area contributed by atoms with Gasteiger partial charge >= 0.3 is 5.97 Å². The highest BCUT2D eigenvalue weighted by molar-refractivity contribution is 5.72. The van der Waals surface area contributed by atoms with Crippen LogP contribution >= 0.6 is 0 Å². The fraction of sp³-hybridized carbons (Fsp3) is 0.360. The van der Waals surface area contributed by atoms with Gasteiger partial charge in [-0.2, -0.15) is 0 Å². The highest BCUT2D eigenvalue weighted by atomic mass is 16.4. The summed E-state index contributed by atoms with van der Waals surface area (Å²) >= 11 is 0. The molecule has 2 N–H and O–H groups in total. The summed E-state index contributed by atoms with van der Waals surface area (Å²) in [5.74, 6) is -0.303. The first kappa shape index (κ1) is 23.6. The highest BCUT2D eigenvalue weighted by Gasteiger charge is 2.27. The molecule has 0 spiro atoms. The van der Waals surface area contributed by atoms with E-state index in [1.54, 1.807) is 13.0 Å². The lowest BCUT2D eigenvalue weighted by atomic mass is 9.95. The number of rotatable bonds is 9. The quantitative estimate of drug-likeness (QED) is 0.468. The van der Waals surface area contributed by atoms with Crippen molar-refractivity contribution < 1.29 is 15.0 Å². The number of hydrogen-bond acceptors (Lipinski definition) is 7. The number of phenols is 1. The van der Waals surface area contributed by atoms with E-state index < -0.39 is 12.0 Å². The molecule has 0 amide bonds. The lowest BCUT2D eigenvalue weighted by Gasteiger charge is -2.39. The second-order valence-electron chi connectivity index (χ2n) is 8.45. The van der Waals surface area contributed by atoms with E-state index >= 15 is 0 Å². The van der Waals surface area contributed by atoms with Gasteiger partial charge in [0.25, 0.3) is 0 Å². The van der Waals surface area contributed by atoms with Crippen LogP contribution in [0.2, 0.25) is 0 Å². The summed E-state index contributed by atoms with van der Waals surface area (Å²) in [6, 6.07) is 14.5. The summed E-state index contributed by atoms with van der Waals surface area (Å²) in [5.41, 5.74) is 2.85. The lowest BCUT2D eigenvalue weighted by Crippen LogP contribution is -2.47. The second kappa shape index (κ2) is 10.6. The van der Waals surface area contributed by atoms with Crippen LogP contribution in [-0.2, 0) is 4.79 Å². The van der Waals surface area contributed by atoms with Gasteiger partial charge in [0.15, 0.2) is 11.9 Å². The summed E-state index contributed by atoms with van der Waals surface area (Å²) in [4.78, 5) is 16.4. The molecule has 1 fully saturated rings. The van der Waals surface area contributed by atoms with Crippen molar-refractivity contribution in [3.05, 3.63) is 72.3 Å². The van der Waals surface area contributed by atoms with E-state index in [0.717, 1.165) is 49.4 Å². The van der Waals surface area contributed by atoms with E-state index in [1.807, 2.05) is 48.5 Å². The standard InChI is InChI=1S/C25H30N6O3/c1-3-12-29-13-15-30(16-14-29)23(20-6-5-7-21(32)17-20)18-8-10-19(11-9-18)24-26-27-28-31(24)22(4-2)25(33)34/h3,5-11,17,22-23,32H,1,4,12-16H2,2H3,(H,33,34). The third-order valence-electron chi connectivity index (χ3n) is 6.29. The van der Waals surface area contributed by atoms with E-state index in [2.05, 4.69) is 31.9 Å². The highest BCUT2D eigenvalue weighted by Crippen LogP contribution is 2.33. The number of carboxylic acid groups (broad SMARTS) is 1. The molecule has 9 nitrogen and oxygen atoms in total. The number of aromatic hydroxyl groups is 1. The first-order chi connectivity index (χ1) is 16.5. The zero-order valence-electron chi connectivity index (χ0n) is 19.3. The fourth-order valence-corrected chi connectivity index (χ4v) is 4.56. The maximum atomic E-state index is 11.6. The zero-order chi connectivity index (χ0) is 24.1. The monoisotopic (exact) mass is 462 g/mol. The summed E-state index contributed by atoms with van der Waals surface area (Å²) in [6.45, 7) is 10.2. The SMILES string of the molecule is C=CCN1CCN(C(c2ccc(-c3nnnn3C(CC)C(=O)O)cc2)c2cccc(O)c2)CC1. The Labute approximate surface area is 198 Å². The molecule has 3 aromatic rings. The number of hydrogen-bond donors (Lipinski definition) is 2. The number of benzene rings is 2. The van der Waals surface area contributed by atoms with Crippen LogP contribution in [0, 0.1) is 0 Å². The Morgan fingerprint density at radius 2 is 1.85 bits per heavy atom. The van der Waals surface area contributed by atoms with Gasteiger partial charge in [-0.05, 0) is 40.1 Å². The first-order valence-electron chi connectivity index (χ1n) is 11.5. The lowest BCUT2D eigenvalue weighted by molar-refractivity contribution is -0.141. The molecule has 2 heterocycles. The van der Waals surface area contributed by atoms with Crippen LogP contribution in [0.5, 0.6) is 5.75 Å². The predicted octanol–water partition coefficient (Wildman–Crippen LogP) is 2.97. The molecule has 0 aliphatic carbocycles. The summed E-state index contributed by atoms with van der Waals surface area (Å²) in [6.07, 6.45) is 2.31. The molecule has 1 aromatic heterocycles.